The van der Waals surface area contributed by atoms with Crippen molar-refractivity contribution in [2.75, 3.05) is 46.6 Å². The van der Waals surface area contributed by atoms with E-state index in [1.165, 1.54) is 0 Å². The summed E-state index contributed by atoms with van der Waals surface area (Å²) < 4.78 is 23.2. The number of halogens is 1. The number of nitrogens with one attached hydrogen (secondary N) is 1. The monoisotopic (exact) mass is 503 g/mol. The summed E-state index contributed by atoms with van der Waals surface area (Å²) in [6, 6.07) is 6.11. The van der Waals surface area contributed by atoms with Crippen molar-refractivity contribution in [3.63, 3.8) is 0 Å². The fourth-order valence-corrected chi connectivity index (χ4v) is 3.82. The van der Waals surface area contributed by atoms with Crippen LogP contribution in [0.3, 0.4) is 0 Å². The molecule has 0 bridgehead atoms. The lowest BCUT2D eigenvalue weighted by atomic mass is 10.1. The van der Waals surface area contributed by atoms with Crippen LogP contribution < -0.4 is 14.8 Å². The molecule has 0 radical (unpaired) electrons. The number of rotatable bonds is 3. The molecule has 28 heavy (non-hydrogen) atoms. The molecule has 2 fully saturated rings. The highest BCUT2D eigenvalue weighted by molar-refractivity contribution is 14.0. The largest absolute Gasteiger partial charge is 0.490 e. The summed E-state index contributed by atoms with van der Waals surface area (Å²) in [5, 5.41) is 3.47. The van der Waals surface area contributed by atoms with Gasteiger partial charge in [-0.2, -0.15) is 0 Å². The van der Waals surface area contributed by atoms with Crippen LogP contribution in [-0.4, -0.2) is 69.6 Å². The minimum Gasteiger partial charge on any atom is -0.490 e. The smallest absolute Gasteiger partial charge is 0.194 e. The van der Waals surface area contributed by atoms with Gasteiger partial charge >= 0.3 is 0 Å². The van der Waals surface area contributed by atoms with E-state index in [0.717, 1.165) is 62.0 Å². The van der Waals surface area contributed by atoms with Crippen LogP contribution in [0.25, 0.3) is 0 Å². The molecule has 3 aliphatic heterocycles. The molecule has 7 nitrogen and oxygen atoms in total. The number of fused-ring (bicyclic) bond motifs is 1. The summed E-state index contributed by atoms with van der Waals surface area (Å²) in [6.07, 6.45) is 3.46. The molecule has 1 aromatic rings. The normalized spacial score (nSPS) is 25.0. The Labute approximate surface area is 183 Å². The Morgan fingerprint density at radius 2 is 1.89 bits per heavy atom. The van der Waals surface area contributed by atoms with E-state index in [9.17, 15) is 0 Å². The second kappa shape index (κ2) is 10.5. The minimum absolute atomic E-state index is 0. The maximum Gasteiger partial charge on any atom is 0.194 e. The van der Waals surface area contributed by atoms with Crippen LogP contribution in [0.1, 0.15) is 24.8 Å². The van der Waals surface area contributed by atoms with E-state index in [-0.39, 0.29) is 36.2 Å². The summed E-state index contributed by atoms with van der Waals surface area (Å²) in [5.41, 5.74) is 1.14. The number of ether oxygens (including phenoxy) is 4. The molecule has 8 heteroatoms. The average Bonchev–Trinajstić information content (AvgIpc) is 3.15. The van der Waals surface area contributed by atoms with E-state index in [4.69, 9.17) is 18.9 Å². The van der Waals surface area contributed by atoms with Gasteiger partial charge in [0.15, 0.2) is 17.5 Å². The van der Waals surface area contributed by atoms with Gasteiger partial charge < -0.3 is 29.2 Å². The van der Waals surface area contributed by atoms with Crippen molar-refractivity contribution in [1.82, 2.24) is 10.2 Å². The van der Waals surface area contributed by atoms with Gasteiger partial charge in [-0.3, -0.25) is 4.99 Å². The van der Waals surface area contributed by atoms with Crippen LogP contribution in [0.15, 0.2) is 23.2 Å². The minimum atomic E-state index is 0. The van der Waals surface area contributed by atoms with Crippen molar-refractivity contribution in [2.24, 2.45) is 4.99 Å². The van der Waals surface area contributed by atoms with E-state index < -0.39 is 0 Å². The molecule has 0 aliphatic carbocycles. The molecular weight excluding hydrogens is 473 g/mol. The standard InChI is InChI=1S/C20H29N3O4.HI/c1-21-20(23-7-11-27-19(14-23)16-4-2-8-24-16)22-13-15-5-6-17-18(12-15)26-10-3-9-25-17;/h5-6,12,16,19H,2-4,7-11,13-14H2,1H3,(H,21,22);1H. The average molecular weight is 503 g/mol. The molecule has 1 N–H and O–H groups in total. The van der Waals surface area contributed by atoms with Crippen LogP contribution in [0.2, 0.25) is 0 Å². The molecule has 2 unspecified atom stereocenters. The van der Waals surface area contributed by atoms with Gasteiger partial charge in [-0.25, -0.2) is 0 Å². The zero-order valence-corrected chi connectivity index (χ0v) is 18.7. The fourth-order valence-electron chi connectivity index (χ4n) is 3.82. The van der Waals surface area contributed by atoms with Gasteiger partial charge in [0.1, 0.15) is 6.10 Å². The predicted octanol–water partition coefficient (Wildman–Crippen LogP) is 2.42. The Kier molecular flexibility index (Phi) is 8.04. The van der Waals surface area contributed by atoms with Gasteiger partial charge in [0.25, 0.3) is 0 Å². The lowest BCUT2D eigenvalue weighted by Gasteiger charge is -2.37. The van der Waals surface area contributed by atoms with E-state index in [0.29, 0.717) is 26.4 Å². The molecule has 0 saturated carbocycles. The molecule has 3 heterocycles. The van der Waals surface area contributed by atoms with Gasteiger partial charge in [-0.05, 0) is 30.5 Å². The summed E-state index contributed by atoms with van der Waals surface area (Å²) >= 11 is 0. The number of benzene rings is 1. The first-order valence-corrected chi connectivity index (χ1v) is 9.91. The van der Waals surface area contributed by atoms with Crippen LogP contribution >= 0.6 is 24.0 Å². The summed E-state index contributed by atoms with van der Waals surface area (Å²) in [4.78, 5) is 6.73. The van der Waals surface area contributed by atoms with Crippen molar-refractivity contribution in [2.45, 2.75) is 38.0 Å². The third-order valence-electron chi connectivity index (χ3n) is 5.25. The van der Waals surface area contributed by atoms with Gasteiger partial charge in [0.2, 0.25) is 0 Å². The third-order valence-corrected chi connectivity index (χ3v) is 5.25. The maximum absolute atomic E-state index is 5.94. The Morgan fingerprint density at radius 1 is 1.07 bits per heavy atom. The number of morpholine rings is 1. The quantitative estimate of drug-likeness (QED) is 0.389. The van der Waals surface area contributed by atoms with Gasteiger partial charge in [-0.15, -0.1) is 24.0 Å². The summed E-state index contributed by atoms with van der Waals surface area (Å²) in [5.74, 6) is 2.55. The second-order valence-corrected chi connectivity index (χ2v) is 7.14. The van der Waals surface area contributed by atoms with Crippen LogP contribution in [0, 0.1) is 0 Å². The van der Waals surface area contributed by atoms with E-state index in [1.54, 1.807) is 0 Å². The molecule has 2 saturated heterocycles. The van der Waals surface area contributed by atoms with E-state index in [2.05, 4.69) is 27.3 Å². The molecule has 0 spiro atoms. The molecule has 1 aromatic carbocycles. The highest BCUT2D eigenvalue weighted by atomic mass is 127. The first-order valence-electron chi connectivity index (χ1n) is 9.91. The maximum atomic E-state index is 5.94. The molecule has 4 rings (SSSR count). The summed E-state index contributed by atoms with van der Waals surface area (Å²) in [7, 11) is 1.83. The number of aliphatic imine (C=N–C) groups is 1. The van der Waals surface area contributed by atoms with Crippen molar-refractivity contribution >= 4 is 29.9 Å². The predicted molar refractivity (Wildman–Crippen MR) is 118 cm³/mol. The summed E-state index contributed by atoms with van der Waals surface area (Å²) in [6.45, 7) is 5.29. The van der Waals surface area contributed by atoms with Gasteiger partial charge in [0.05, 0.1) is 25.9 Å². The number of nitrogens with zero attached hydrogens (tertiary/aromatic N) is 2. The van der Waals surface area contributed by atoms with Crippen molar-refractivity contribution in [3.05, 3.63) is 23.8 Å². The fraction of sp³-hybridized carbons (Fsp3) is 0.650. The highest BCUT2D eigenvalue weighted by Gasteiger charge is 2.32. The van der Waals surface area contributed by atoms with Crippen LogP contribution in [0.5, 0.6) is 11.5 Å². The first-order chi connectivity index (χ1) is 13.3. The molecule has 3 aliphatic rings. The lowest BCUT2D eigenvalue weighted by molar-refractivity contribution is -0.0817. The number of hydrogen-bond acceptors (Lipinski definition) is 5. The van der Waals surface area contributed by atoms with Crippen molar-refractivity contribution in [3.8, 4) is 11.5 Å². The van der Waals surface area contributed by atoms with E-state index in [1.807, 2.05) is 13.1 Å². The molecule has 0 amide bonds. The van der Waals surface area contributed by atoms with Gasteiger partial charge in [-0.1, -0.05) is 6.07 Å². The van der Waals surface area contributed by atoms with Crippen molar-refractivity contribution in [1.29, 1.82) is 0 Å². The Morgan fingerprint density at radius 3 is 2.68 bits per heavy atom. The van der Waals surface area contributed by atoms with Crippen LogP contribution in [-0.2, 0) is 16.0 Å². The zero-order valence-electron chi connectivity index (χ0n) is 16.4. The van der Waals surface area contributed by atoms with Crippen LogP contribution in [0.4, 0.5) is 0 Å². The van der Waals surface area contributed by atoms with E-state index >= 15 is 0 Å². The Hall–Kier alpha value is -1.26. The molecule has 2 atom stereocenters. The Balaban J connectivity index is 0.00000225. The molecular formula is C20H30IN3O4. The highest BCUT2D eigenvalue weighted by Crippen LogP contribution is 2.30. The lowest BCUT2D eigenvalue weighted by Crippen LogP contribution is -2.53. The Bertz CT molecular complexity index is 667. The van der Waals surface area contributed by atoms with Gasteiger partial charge in [0, 0.05) is 39.7 Å². The topological polar surface area (TPSA) is 64.6 Å². The molecule has 0 aromatic heterocycles. The SMILES string of the molecule is CN=C(NCc1ccc2c(c1)OCCCO2)N1CCOC(C2CCCO2)C1.I. The van der Waals surface area contributed by atoms with Crippen molar-refractivity contribution < 1.29 is 18.9 Å². The molecule has 156 valence electrons. The zero-order chi connectivity index (χ0) is 18.5. The second-order valence-electron chi connectivity index (χ2n) is 7.14. The number of hydrogen-bond donors (Lipinski definition) is 1. The third kappa shape index (κ3) is 5.21. The first kappa shape index (κ1) is 21.4. The number of guanidine groups is 1.